The highest BCUT2D eigenvalue weighted by atomic mass is 32.2. The highest BCUT2D eigenvalue weighted by Crippen LogP contribution is 2.24. The number of hydrogen-bond acceptors (Lipinski definition) is 8. The lowest BCUT2D eigenvalue weighted by Crippen LogP contribution is -2.44. The molecule has 0 amide bonds. The quantitative estimate of drug-likeness (QED) is 0.502. The number of likely N-dealkylation sites (N-methyl/N-ethyl adjacent to an activating group) is 1. The van der Waals surface area contributed by atoms with Crippen molar-refractivity contribution in [3.63, 3.8) is 0 Å². The molecule has 0 radical (unpaired) electrons. The molecule has 1 fully saturated rings. The Balaban J connectivity index is 1.47. The summed E-state index contributed by atoms with van der Waals surface area (Å²) in [6.07, 6.45) is 1.46. The summed E-state index contributed by atoms with van der Waals surface area (Å²) in [6, 6.07) is 16.6. The number of nitrogens with one attached hydrogen (secondary N) is 3. The Morgan fingerprint density at radius 1 is 0.844 bits per heavy atom. The first-order valence-corrected chi connectivity index (χ1v) is 11.8. The number of hydrogen-bond donors (Lipinski definition) is 3. The predicted molar refractivity (Wildman–Crippen MR) is 127 cm³/mol. The van der Waals surface area contributed by atoms with Crippen molar-refractivity contribution in [3.05, 3.63) is 60.9 Å². The van der Waals surface area contributed by atoms with Crippen molar-refractivity contribution in [2.24, 2.45) is 0 Å². The maximum absolute atomic E-state index is 12.0. The smallest absolute Gasteiger partial charge is 0.240 e. The minimum atomic E-state index is -3.52. The number of nitrogens with zero attached hydrogens (tertiary/aromatic N) is 4. The van der Waals surface area contributed by atoms with Gasteiger partial charge in [-0.25, -0.2) is 23.1 Å². The minimum absolute atomic E-state index is 0.179. The SMILES string of the molecule is CNS(=O)(=O)c1cccc(Nc2cc(Nc3cccc(N4CCN(C)CC4)c3)ncn2)c1. The summed E-state index contributed by atoms with van der Waals surface area (Å²) in [5.41, 5.74) is 2.73. The van der Waals surface area contributed by atoms with Crippen LogP contribution in [0.1, 0.15) is 0 Å². The Morgan fingerprint density at radius 2 is 1.47 bits per heavy atom. The Morgan fingerprint density at radius 3 is 2.12 bits per heavy atom. The lowest BCUT2D eigenvalue weighted by atomic mass is 10.2. The highest BCUT2D eigenvalue weighted by Gasteiger charge is 2.15. The van der Waals surface area contributed by atoms with E-state index in [0.29, 0.717) is 17.3 Å². The number of aromatic nitrogens is 2. The summed E-state index contributed by atoms with van der Waals surface area (Å²) in [4.78, 5) is 13.4. The van der Waals surface area contributed by atoms with Gasteiger partial charge in [-0.3, -0.25) is 0 Å². The lowest BCUT2D eigenvalue weighted by Gasteiger charge is -2.34. The number of sulfonamides is 1. The molecular weight excluding hydrogens is 426 g/mol. The highest BCUT2D eigenvalue weighted by molar-refractivity contribution is 7.89. The summed E-state index contributed by atoms with van der Waals surface area (Å²) in [5, 5.41) is 6.47. The summed E-state index contributed by atoms with van der Waals surface area (Å²) in [5.74, 6) is 1.19. The predicted octanol–water partition coefficient (Wildman–Crippen LogP) is 2.62. The van der Waals surface area contributed by atoms with Crippen molar-refractivity contribution in [2.75, 3.05) is 55.8 Å². The Kier molecular flexibility index (Phi) is 6.54. The van der Waals surface area contributed by atoms with Gasteiger partial charge in [0.05, 0.1) is 4.90 Å². The molecular formula is C22H27N7O2S. The van der Waals surface area contributed by atoms with Gasteiger partial charge in [-0.1, -0.05) is 12.1 Å². The van der Waals surface area contributed by atoms with E-state index < -0.39 is 10.0 Å². The van der Waals surface area contributed by atoms with Gasteiger partial charge in [0.25, 0.3) is 0 Å². The van der Waals surface area contributed by atoms with E-state index in [0.717, 1.165) is 31.9 Å². The van der Waals surface area contributed by atoms with Crippen LogP contribution in [0.25, 0.3) is 0 Å². The zero-order valence-electron chi connectivity index (χ0n) is 18.1. The fourth-order valence-electron chi connectivity index (χ4n) is 3.49. The van der Waals surface area contributed by atoms with Crippen molar-refractivity contribution >= 4 is 38.7 Å². The number of benzene rings is 2. The third-order valence-corrected chi connectivity index (χ3v) is 6.75. The fraction of sp³-hybridized carbons (Fsp3) is 0.273. The molecule has 1 aliphatic heterocycles. The van der Waals surface area contributed by atoms with Crippen LogP contribution in [0.5, 0.6) is 0 Å². The average Bonchev–Trinajstić information content (AvgIpc) is 2.80. The van der Waals surface area contributed by atoms with Gasteiger partial charge in [-0.15, -0.1) is 0 Å². The molecule has 0 spiro atoms. The van der Waals surface area contributed by atoms with E-state index in [1.165, 1.54) is 25.1 Å². The van der Waals surface area contributed by atoms with E-state index in [2.05, 4.69) is 54.3 Å². The largest absolute Gasteiger partial charge is 0.369 e. The summed E-state index contributed by atoms with van der Waals surface area (Å²) in [7, 11) is 0.0101. The fourth-order valence-corrected chi connectivity index (χ4v) is 4.27. The molecule has 0 bridgehead atoms. The molecule has 1 saturated heterocycles. The molecule has 10 heteroatoms. The molecule has 0 atom stereocenters. The first-order valence-electron chi connectivity index (χ1n) is 10.4. The van der Waals surface area contributed by atoms with E-state index in [9.17, 15) is 8.42 Å². The standard InChI is InChI=1S/C22H27N7O2S/c1-23-32(30,31)20-8-4-6-18(14-20)27-22-15-21(24-16-25-22)26-17-5-3-7-19(13-17)29-11-9-28(2)10-12-29/h3-8,13-16,23H,9-12H2,1-2H3,(H2,24,25,26,27). The van der Waals surface area contributed by atoms with Crippen LogP contribution in [0.3, 0.4) is 0 Å². The molecule has 168 valence electrons. The van der Waals surface area contributed by atoms with E-state index in [-0.39, 0.29) is 4.90 Å². The van der Waals surface area contributed by atoms with E-state index in [4.69, 9.17) is 0 Å². The number of piperazine rings is 1. The first-order chi connectivity index (χ1) is 15.4. The molecule has 3 N–H and O–H groups in total. The van der Waals surface area contributed by atoms with Crippen LogP contribution in [-0.4, -0.2) is 63.6 Å². The van der Waals surface area contributed by atoms with Crippen LogP contribution in [0, 0.1) is 0 Å². The molecule has 2 aromatic carbocycles. The number of rotatable bonds is 7. The molecule has 0 unspecified atom stereocenters. The zero-order valence-corrected chi connectivity index (χ0v) is 18.9. The molecule has 3 aromatic rings. The molecule has 1 aromatic heterocycles. The zero-order chi connectivity index (χ0) is 22.6. The van der Waals surface area contributed by atoms with Gasteiger partial charge in [0, 0.05) is 49.3 Å². The second kappa shape index (κ2) is 9.51. The third-order valence-electron chi connectivity index (χ3n) is 5.34. The van der Waals surface area contributed by atoms with Crippen molar-refractivity contribution in [3.8, 4) is 0 Å². The lowest BCUT2D eigenvalue weighted by molar-refractivity contribution is 0.313. The van der Waals surface area contributed by atoms with Gasteiger partial charge >= 0.3 is 0 Å². The van der Waals surface area contributed by atoms with Crippen molar-refractivity contribution < 1.29 is 8.42 Å². The maximum Gasteiger partial charge on any atom is 0.240 e. The van der Waals surface area contributed by atoms with E-state index in [1.54, 1.807) is 24.3 Å². The molecule has 4 rings (SSSR count). The maximum atomic E-state index is 12.0. The summed E-state index contributed by atoms with van der Waals surface area (Å²) < 4.78 is 26.4. The average molecular weight is 454 g/mol. The van der Waals surface area contributed by atoms with Crippen LogP contribution in [0.4, 0.5) is 28.7 Å². The van der Waals surface area contributed by atoms with Crippen LogP contribution in [0.2, 0.25) is 0 Å². The molecule has 2 heterocycles. The molecule has 0 aliphatic carbocycles. The van der Waals surface area contributed by atoms with Crippen LogP contribution in [-0.2, 0) is 10.0 Å². The topological polar surface area (TPSA) is 102 Å². The second-order valence-electron chi connectivity index (χ2n) is 7.61. The van der Waals surface area contributed by atoms with Crippen molar-refractivity contribution in [2.45, 2.75) is 4.90 Å². The van der Waals surface area contributed by atoms with Gasteiger partial charge in [0.2, 0.25) is 10.0 Å². The Bertz CT molecular complexity index is 1180. The second-order valence-corrected chi connectivity index (χ2v) is 9.50. The van der Waals surface area contributed by atoms with Crippen molar-refractivity contribution in [1.29, 1.82) is 0 Å². The Labute approximate surface area is 188 Å². The monoisotopic (exact) mass is 453 g/mol. The van der Waals surface area contributed by atoms with Crippen molar-refractivity contribution in [1.82, 2.24) is 19.6 Å². The van der Waals surface area contributed by atoms with Crippen LogP contribution in [0.15, 0.2) is 65.8 Å². The van der Waals surface area contributed by atoms with Gasteiger partial charge in [0.1, 0.15) is 18.0 Å². The summed E-state index contributed by atoms with van der Waals surface area (Å²) >= 11 is 0. The molecule has 9 nitrogen and oxygen atoms in total. The van der Waals surface area contributed by atoms with E-state index in [1.807, 2.05) is 12.1 Å². The normalized spacial score (nSPS) is 14.9. The van der Waals surface area contributed by atoms with E-state index >= 15 is 0 Å². The number of anilines is 5. The van der Waals surface area contributed by atoms with Gasteiger partial charge < -0.3 is 20.4 Å². The van der Waals surface area contributed by atoms with Gasteiger partial charge in [0.15, 0.2) is 0 Å². The van der Waals surface area contributed by atoms with Crippen LogP contribution >= 0.6 is 0 Å². The Hall–Kier alpha value is -3.21. The van der Waals surface area contributed by atoms with Gasteiger partial charge in [-0.2, -0.15) is 0 Å². The molecule has 32 heavy (non-hydrogen) atoms. The first kappa shape index (κ1) is 22.0. The molecule has 1 aliphatic rings. The minimum Gasteiger partial charge on any atom is -0.369 e. The van der Waals surface area contributed by atoms with Crippen LogP contribution < -0.4 is 20.3 Å². The van der Waals surface area contributed by atoms with Gasteiger partial charge in [-0.05, 0) is 50.5 Å². The third kappa shape index (κ3) is 5.34. The molecule has 0 saturated carbocycles. The summed E-state index contributed by atoms with van der Waals surface area (Å²) in [6.45, 7) is 4.11.